The number of rotatable bonds is 12. The summed E-state index contributed by atoms with van der Waals surface area (Å²) < 4.78 is 22.3. The molecule has 6 aromatic rings. The van der Waals surface area contributed by atoms with Gasteiger partial charge in [0.05, 0.1) is 16.6 Å². The molecule has 10 heteroatoms. The van der Waals surface area contributed by atoms with Crippen LogP contribution in [0.4, 0.5) is 4.79 Å². The third-order valence-corrected chi connectivity index (χ3v) is 9.40. The van der Waals surface area contributed by atoms with E-state index < -0.39 is 8.07 Å². The summed E-state index contributed by atoms with van der Waals surface area (Å²) in [4.78, 5) is 21.6. The van der Waals surface area contributed by atoms with Crippen LogP contribution in [0.1, 0.15) is 12.5 Å². The lowest BCUT2D eigenvalue weighted by molar-refractivity contribution is 0.0909. The van der Waals surface area contributed by atoms with Crippen LogP contribution in [-0.4, -0.2) is 46.4 Å². The van der Waals surface area contributed by atoms with Crippen molar-refractivity contribution in [3.8, 4) is 28.6 Å². The minimum absolute atomic E-state index is 0.166. The molecule has 236 valence electrons. The Balaban J connectivity index is 1.29. The second-order valence-electron chi connectivity index (χ2n) is 12.4. The molecular weight excluding hydrogens is 595 g/mol. The molecule has 9 nitrogen and oxygen atoms in total. The van der Waals surface area contributed by atoms with E-state index in [0.29, 0.717) is 38.1 Å². The monoisotopic (exact) mass is 633 g/mol. The Bertz CT molecular complexity index is 1950. The highest BCUT2D eigenvalue weighted by Gasteiger charge is 2.19. The molecule has 1 N–H and O–H groups in total. The van der Waals surface area contributed by atoms with E-state index in [1.165, 1.54) is 6.33 Å². The molecule has 0 saturated carbocycles. The lowest BCUT2D eigenvalue weighted by Gasteiger charge is -2.17. The Hall–Kier alpha value is -4.93. The Labute approximate surface area is 269 Å². The van der Waals surface area contributed by atoms with Crippen molar-refractivity contribution >= 4 is 36.0 Å². The molecule has 0 unspecified atom stereocenters. The van der Waals surface area contributed by atoms with Crippen LogP contribution in [0, 0.1) is 0 Å². The normalized spacial score (nSPS) is 11.7. The number of fused-ring (bicyclic) bond motifs is 2. The average Bonchev–Trinajstić information content (AvgIpc) is 3.65. The summed E-state index contributed by atoms with van der Waals surface area (Å²) in [6, 6.07) is 28.7. The second kappa shape index (κ2) is 13.6. The number of hydrogen-bond acceptors (Lipinski definition) is 6. The molecule has 0 atom stereocenters. The first kappa shape index (κ1) is 31.1. The van der Waals surface area contributed by atoms with E-state index in [4.69, 9.17) is 14.2 Å². The fourth-order valence-electron chi connectivity index (χ4n) is 5.20. The maximum Gasteiger partial charge on any atom is 0.326 e. The van der Waals surface area contributed by atoms with Crippen molar-refractivity contribution in [3.63, 3.8) is 0 Å². The largest absolute Gasteiger partial charge is 0.489 e. The van der Waals surface area contributed by atoms with Crippen LogP contribution in [0.2, 0.25) is 25.7 Å². The molecule has 3 heterocycles. The fraction of sp³-hybridized carbons (Fsp3) is 0.250. The lowest BCUT2D eigenvalue weighted by Crippen LogP contribution is -2.27. The van der Waals surface area contributed by atoms with Crippen LogP contribution in [-0.2, 0) is 18.1 Å². The van der Waals surface area contributed by atoms with Crippen LogP contribution >= 0.6 is 0 Å². The van der Waals surface area contributed by atoms with E-state index in [1.54, 1.807) is 10.8 Å². The molecule has 0 saturated heterocycles. The quantitative estimate of drug-likeness (QED) is 0.108. The third-order valence-electron chi connectivity index (χ3n) is 7.69. The molecular formula is C36H39N5O4Si. The molecule has 0 radical (unpaired) electrons. The zero-order valence-corrected chi connectivity index (χ0v) is 27.7. The van der Waals surface area contributed by atoms with Gasteiger partial charge in [-0.15, -0.1) is 0 Å². The predicted octanol–water partition coefficient (Wildman–Crippen LogP) is 8.31. The molecule has 1 amide bonds. The number of hydrogen-bond donors (Lipinski definition) is 1. The van der Waals surface area contributed by atoms with Crippen molar-refractivity contribution in [3.05, 3.63) is 103 Å². The highest BCUT2D eigenvalue weighted by atomic mass is 28.3. The zero-order chi connectivity index (χ0) is 32.1. The maximum absolute atomic E-state index is 12.4. The smallest absolute Gasteiger partial charge is 0.326 e. The summed E-state index contributed by atoms with van der Waals surface area (Å²) in [7, 11) is -1.25. The number of amides is 1. The van der Waals surface area contributed by atoms with Crippen molar-refractivity contribution in [2.45, 2.75) is 45.9 Å². The van der Waals surface area contributed by atoms with Crippen molar-refractivity contribution in [1.82, 2.24) is 24.4 Å². The summed E-state index contributed by atoms with van der Waals surface area (Å²) in [5.74, 6) is 1.85. The molecule has 3 aromatic carbocycles. The SMILES string of the molecule is CCNC(=O)n1ccc2cc(Oc3ncnc4c3cc(-c3ccc(OCc5ccccc5)cc3)n4COCC[Si](C)(C)C)ccc21. The van der Waals surface area contributed by atoms with E-state index in [9.17, 15) is 4.79 Å². The van der Waals surface area contributed by atoms with Gasteiger partial charge in [-0.25, -0.2) is 14.8 Å². The second-order valence-corrected chi connectivity index (χ2v) is 18.0. The van der Waals surface area contributed by atoms with E-state index in [-0.39, 0.29) is 6.03 Å². The standard InChI is InChI=1S/C36H39N5O4Si/c1-5-37-36(42)40-18-17-28-21-30(15-16-32(28)40)45-35-31-22-33(41(34(31)38-24-39-35)25-43-19-20-46(2,3)4)27-11-13-29(14-12-27)44-23-26-9-7-6-8-10-26/h6-18,21-22,24H,5,19-20,23,25H2,1-4H3,(H,37,42). The Kier molecular flexibility index (Phi) is 9.18. The maximum atomic E-state index is 12.4. The molecule has 0 fully saturated rings. The first-order chi connectivity index (χ1) is 22.3. The molecule has 3 aromatic heterocycles. The van der Waals surface area contributed by atoms with E-state index in [1.807, 2.05) is 73.7 Å². The average molecular weight is 634 g/mol. The van der Waals surface area contributed by atoms with Gasteiger partial charge in [-0.05, 0) is 78.7 Å². The van der Waals surface area contributed by atoms with Crippen molar-refractivity contribution in [1.29, 1.82) is 0 Å². The van der Waals surface area contributed by atoms with E-state index >= 15 is 0 Å². The minimum Gasteiger partial charge on any atom is -0.489 e. The number of aromatic nitrogens is 4. The number of carbonyl (C=O) groups excluding carboxylic acids is 1. The Morgan fingerprint density at radius 1 is 0.913 bits per heavy atom. The van der Waals surface area contributed by atoms with Crippen LogP contribution in [0.3, 0.4) is 0 Å². The first-order valence-electron chi connectivity index (χ1n) is 15.6. The van der Waals surface area contributed by atoms with E-state index in [2.05, 4.69) is 57.7 Å². The molecule has 6 rings (SSSR count). The third kappa shape index (κ3) is 7.14. The Morgan fingerprint density at radius 3 is 2.46 bits per heavy atom. The molecule has 0 aliphatic carbocycles. The van der Waals surface area contributed by atoms with Crippen molar-refractivity contribution in [2.75, 3.05) is 13.2 Å². The van der Waals surface area contributed by atoms with Crippen LogP contribution < -0.4 is 14.8 Å². The number of carbonyl (C=O) groups is 1. The van der Waals surface area contributed by atoms with Gasteiger partial charge in [-0.2, -0.15) is 0 Å². The summed E-state index contributed by atoms with van der Waals surface area (Å²) in [6.07, 6.45) is 3.28. The molecule has 46 heavy (non-hydrogen) atoms. The van der Waals surface area contributed by atoms with Crippen LogP contribution in [0.25, 0.3) is 33.2 Å². The summed E-state index contributed by atoms with van der Waals surface area (Å²) in [5, 5.41) is 4.50. The molecule has 0 spiro atoms. The van der Waals surface area contributed by atoms with Crippen LogP contribution in [0.5, 0.6) is 17.4 Å². The fourth-order valence-corrected chi connectivity index (χ4v) is 5.95. The molecule has 0 bridgehead atoms. The van der Waals surface area contributed by atoms with Crippen molar-refractivity contribution < 1.29 is 19.0 Å². The van der Waals surface area contributed by atoms with Gasteiger partial charge in [0.2, 0.25) is 5.88 Å². The Morgan fingerprint density at radius 2 is 1.70 bits per heavy atom. The van der Waals surface area contributed by atoms with Gasteiger partial charge in [0.15, 0.2) is 0 Å². The van der Waals surface area contributed by atoms with Gasteiger partial charge in [0.25, 0.3) is 0 Å². The van der Waals surface area contributed by atoms with Gasteiger partial charge in [-0.1, -0.05) is 50.0 Å². The zero-order valence-electron chi connectivity index (χ0n) is 26.7. The van der Waals surface area contributed by atoms with Gasteiger partial charge in [0.1, 0.15) is 36.8 Å². The topological polar surface area (TPSA) is 92.4 Å². The number of nitrogens with one attached hydrogen (secondary N) is 1. The lowest BCUT2D eigenvalue weighted by atomic mass is 10.1. The molecule has 0 aliphatic heterocycles. The van der Waals surface area contributed by atoms with Crippen molar-refractivity contribution in [2.24, 2.45) is 0 Å². The van der Waals surface area contributed by atoms with Gasteiger partial charge >= 0.3 is 6.03 Å². The van der Waals surface area contributed by atoms with Gasteiger partial charge in [0, 0.05) is 32.8 Å². The highest BCUT2D eigenvalue weighted by molar-refractivity contribution is 6.76. The van der Waals surface area contributed by atoms with Gasteiger partial charge in [-0.3, -0.25) is 4.57 Å². The predicted molar refractivity (Wildman–Crippen MR) is 184 cm³/mol. The number of nitrogens with zero attached hydrogens (tertiary/aromatic N) is 4. The number of benzene rings is 3. The van der Waals surface area contributed by atoms with Crippen LogP contribution in [0.15, 0.2) is 97.5 Å². The first-order valence-corrected chi connectivity index (χ1v) is 19.3. The summed E-state index contributed by atoms with van der Waals surface area (Å²) in [5.41, 5.74) is 4.58. The summed E-state index contributed by atoms with van der Waals surface area (Å²) in [6.45, 7) is 11.0. The summed E-state index contributed by atoms with van der Waals surface area (Å²) >= 11 is 0. The minimum atomic E-state index is -1.25. The number of ether oxygens (including phenoxy) is 3. The van der Waals surface area contributed by atoms with Gasteiger partial charge < -0.3 is 24.1 Å². The van der Waals surface area contributed by atoms with E-state index in [0.717, 1.165) is 50.6 Å². The highest BCUT2D eigenvalue weighted by Crippen LogP contribution is 2.35. The molecule has 0 aliphatic rings.